The molecule has 72 valence electrons. The minimum absolute atomic E-state index is 0.0105. The van der Waals surface area contributed by atoms with Crippen LogP contribution in [0.25, 0.3) is 0 Å². The third-order valence-electron chi connectivity index (χ3n) is 2.08. The van der Waals surface area contributed by atoms with Crippen LogP contribution in [0.5, 0.6) is 0 Å². The monoisotopic (exact) mass is 243 g/mol. The summed E-state index contributed by atoms with van der Waals surface area (Å²) < 4.78 is 1.00. The van der Waals surface area contributed by atoms with Gasteiger partial charge in [0.2, 0.25) is 0 Å². The number of aliphatic hydroxyl groups is 1. The van der Waals surface area contributed by atoms with E-state index in [9.17, 15) is 0 Å². The lowest BCUT2D eigenvalue weighted by atomic mass is 10.00. The fraction of sp³-hybridized carbons (Fsp3) is 0.400. The highest BCUT2D eigenvalue weighted by Gasteiger charge is 2.08. The zero-order valence-corrected chi connectivity index (χ0v) is 9.21. The van der Waals surface area contributed by atoms with Gasteiger partial charge in [0.05, 0.1) is 12.6 Å². The average Bonchev–Trinajstić information content (AvgIpc) is 2.16. The second kappa shape index (κ2) is 4.74. The van der Waals surface area contributed by atoms with Crippen molar-refractivity contribution in [1.82, 2.24) is 0 Å². The van der Waals surface area contributed by atoms with Crippen molar-refractivity contribution in [2.75, 3.05) is 6.61 Å². The molecule has 0 aliphatic carbocycles. The molecular formula is C10H14BrNO. The molecule has 0 radical (unpaired) electrons. The van der Waals surface area contributed by atoms with Crippen LogP contribution in [-0.2, 0) is 6.42 Å². The molecule has 0 aliphatic heterocycles. The van der Waals surface area contributed by atoms with Gasteiger partial charge in [-0.2, -0.15) is 0 Å². The molecular weight excluding hydrogens is 230 g/mol. The van der Waals surface area contributed by atoms with Gasteiger partial charge in [-0.1, -0.05) is 28.9 Å². The molecule has 3 N–H and O–H groups in total. The van der Waals surface area contributed by atoms with E-state index in [1.165, 1.54) is 5.56 Å². The number of aliphatic hydroxyl groups excluding tert-OH is 1. The Bertz CT molecular complexity index is 288. The maximum absolute atomic E-state index is 8.96. The fourth-order valence-corrected chi connectivity index (χ4v) is 1.71. The van der Waals surface area contributed by atoms with Gasteiger partial charge in [0.15, 0.2) is 0 Å². The van der Waals surface area contributed by atoms with Crippen LogP contribution >= 0.6 is 15.9 Å². The Balaban J connectivity index is 3.07. The van der Waals surface area contributed by atoms with Gasteiger partial charge in [0, 0.05) is 4.47 Å². The first-order valence-electron chi connectivity index (χ1n) is 4.33. The molecule has 3 heteroatoms. The fourth-order valence-electron chi connectivity index (χ4n) is 1.33. The van der Waals surface area contributed by atoms with Crippen molar-refractivity contribution in [2.45, 2.75) is 19.4 Å². The van der Waals surface area contributed by atoms with Gasteiger partial charge in [0.1, 0.15) is 0 Å². The summed E-state index contributed by atoms with van der Waals surface area (Å²) in [5.41, 5.74) is 7.99. The highest BCUT2D eigenvalue weighted by molar-refractivity contribution is 9.10. The summed E-state index contributed by atoms with van der Waals surface area (Å²) in [6.07, 6.45) is 0.941. The summed E-state index contributed by atoms with van der Waals surface area (Å²) in [6.45, 7) is 2.07. The summed E-state index contributed by atoms with van der Waals surface area (Å²) in [6, 6.07) is 5.73. The molecule has 0 amide bonds. The van der Waals surface area contributed by atoms with Crippen LogP contribution in [0.3, 0.4) is 0 Å². The van der Waals surface area contributed by atoms with Crippen LogP contribution in [0.4, 0.5) is 0 Å². The van der Waals surface area contributed by atoms with E-state index < -0.39 is 0 Å². The van der Waals surface area contributed by atoms with Crippen molar-refractivity contribution in [1.29, 1.82) is 0 Å². The molecule has 0 unspecified atom stereocenters. The minimum atomic E-state index is -0.271. The van der Waals surface area contributed by atoms with Gasteiger partial charge in [-0.3, -0.25) is 0 Å². The maximum Gasteiger partial charge on any atom is 0.0624 e. The first-order chi connectivity index (χ1) is 6.19. The van der Waals surface area contributed by atoms with Gasteiger partial charge in [-0.15, -0.1) is 0 Å². The van der Waals surface area contributed by atoms with Gasteiger partial charge in [0.25, 0.3) is 0 Å². The summed E-state index contributed by atoms with van der Waals surface area (Å²) in [5.74, 6) is 0. The Morgan fingerprint density at radius 2 is 2.23 bits per heavy atom. The quantitative estimate of drug-likeness (QED) is 0.854. The van der Waals surface area contributed by atoms with Gasteiger partial charge in [-0.05, 0) is 29.7 Å². The van der Waals surface area contributed by atoms with E-state index in [1.807, 2.05) is 18.2 Å². The van der Waals surface area contributed by atoms with Crippen molar-refractivity contribution < 1.29 is 5.11 Å². The van der Waals surface area contributed by atoms with Gasteiger partial charge >= 0.3 is 0 Å². The van der Waals surface area contributed by atoms with E-state index in [1.54, 1.807) is 0 Å². The molecule has 0 spiro atoms. The third-order valence-corrected chi connectivity index (χ3v) is 2.58. The Kier molecular flexibility index (Phi) is 3.90. The molecule has 1 rings (SSSR count). The Labute approximate surface area is 86.9 Å². The standard InChI is InChI=1S/C10H14BrNO/c1-2-7-3-4-8(11)5-9(7)10(12)6-13/h3-5,10,13H,2,6,12H2,1H3/t10-/m0/s1. The molecule has 2 nitrogen and oxygen atoms in total. The van der Waals surface area contributed by atoms with Crippen molar-refractivity contribution in [3.63, 3.8) is 0 Å². The second-order valence-electron chi connectivity index (χ2n) is 2.99. The zero-order valence-electron chi connectivity index (χ0n) is 7.63. The summed E-state index contributed by atoms with van der Waals surface area (Å²) in [4.78, 5) is 0. The largest absolute Gasteiger partial charge is 0.394 e. The smallest absolute Gasteiger partial charge is 0.0624 e. The van der Waals surface area contributed by atoms with Crippen LogP contribution < -0.4 is 5.73 Å². The molecule has 0 heterocycles. The van der Waals surface area contributed by atoms with E-state index >= 15 is 0 Å². The lowest BCUT2D eigenvalue weighted by molar-refractivity contribution is 0.267. The topological polar surface area (TPSA) is 46.2 Å². The molecule has 0 saturated heterocycles. The number of nitrogens with two attached hydrogens (primary N) is 1. The number of hydrogen-bond acceptors (Lipinski definition) is 2. The van der Waals surface area contributed by atoms with Crippen LogP contribution in [0.1, 0.15) is 24.1 Å². The second-order valence-corrected chi connectivity index (χ2v) is 3.90. The number of hydrogen-bond donors (Lipinski definition) is 2. The molecule has 0 fully saturated rings. The molecule has 1 aromatic rings. The van der Waals surface area contributed by atoms with Crippen LogP contribution in [-0.4, -0.2) is 11.7 Å². The highest BCUT2D eigenvalue weighted by atomic mass is 79.9. The van der Waals surface area contributed by atoms with Crippen molar-refractivity contribution in [2.24, 2.45) is 5.73 Å². The molecule has 0 saturated carbocycles. The third kappa shape index (κ3) is 2.53. The van der Waals surface area contributed by atoms with Crippen molar-refractivity contribution in [3.8, 4) is 0 Å². The van der Waals surface area contributed by atoms with E-state index in [-0.39, 0.29) is 12.6 Å². The van der Waals surface area contributed by atoms with Gasteiger partial charge in [-0.25, -0.2) is 0 Å². The van der Waals surface area contributed by atoms with E-state index in [0.29, 0.717) is 0 Å². The lowest BCUT2D eigenvalue weighted by Crippen LogP contribution is -2.16. The summed E-state index contributed by atoms with van der Waals surface area (Å²) in [5, 5.41) is 8.96. The van der Waals surface area contributed by atoms with E-state index in [2.05, 4.69) is 22.9 Å². The Morgan fingerprint density at radius 3 is 2.77 bits per heavy atom. The first-order valence-corrected chi connectivity index (χ1v) is 5.13. The van der Waals surface area contributed by atoms with Crippen LogP contribution in [0, 0.1) is 0 Å². The maximum atomic E-state index is 8.96. The molecule has 1 atom stereocenters. The summed E-state index contributed by atoms with van der Waals surface area (Å²) >= 11 is 3.39. The molecule has 0 bridgehead atoms. The molecule has 13 heavy (non-hydrogen) atoms. The van der Waals surface area contributed by atoms with E-state index in [4.69, 9.17) is 10.8 Å². The predicted molar refractivity (Wildman–Crippen MR) is 57.5 cm³/mol. The Hall–Kier alpha value is -0.380. The first kappa shape index (κ1) is 10.7. The van der Waals surface area contributed by atoms with Gasteiger partial charge < -0.3 is 10.8 Å². The zero-order chi connectivity index (χ0) is 9.84. The molecule has 1 aromatic carbocycles. The van der Waals surface area contributed by atoms with Crippen molar-refractivity contribution >= 4 is 15.9 Å². The predicted octanol–water partition coefficient (Wildman–Crippen LogP) is 2.00. The highest BCUT2D eigenvalue weighted by Crippen LogP contribution is 2.21. The van der Waals surface area contributed by atoms with E-state index in [0.717, 1.165) is 16.5 Å². The number of aryl methyl sites for hydroxylation is 1. The van der Waals surface area contributed by atoms with Crippen LogP contribution in [0.15, 0.2) is 22.7 Å². The van der Waals surface area contributed by atoms with Crippen LogP contribution in [0.2, 0.25) is 0 Å². The number of rotatable bonds is 3. The Morgan fingerprint density at radius 1 is 1.54 bits per heavy atom. The minimum Gasteiger partial charge on any atom is -0.394 e. The molecule has 0 aromatic heterocycles. The number of halogens is 1. The lowest BCUT2D eigenvalue weighted by Gasteiger charge is -2.13. The SMILES string of the molecule is CCc1ccc(Br)cc1[C@@H](N)CO. The molecule has 0 aliphatic rings. The normalized spacial score (nSPS) is 12.9. The van der Waals surface area contributed by atoms with Crippen molar-refractivity contribution in [3.05, 3.63) is 33.8 Å². The average molecular weight is 244 g/mol. The summed E-state index contributed by atoms with van der Waals surface area (Å²) in [7, 11) is 0. The number of benzene rings is 1.